The van der Waals surface area contributed by atoms with Gasteiger partial charge < -0.3 is 9.30 Å². The smallest absolute Gasteiger partial charge is 0.140 e. The van der Waals surface area contributed by atoms with Gasteiger partial charge in [0.15, 0.2) is 0 Å². The zero-order valence-corrected chi connectivity index (χ0v) is 14.9. The average molecular weight is 359 g/mol. The van der Waals surface area contributed by atoms with Crippen LogP contribution in [0.3, 0.4) is 0 Å². The summed E-state index contributed by atoms with van der Waals surface area (Å²) in [6.45, 7) is 1.15. The lowest BCUT2D eigenvalue weighted by Gasteiger charge is -2.02. The summed E-state index contributed by atoms with van der Waals surface area (Å²) in [7, 11) is 0. The highest BCUT2D eigenvalue weighted by Crippen LogP contribution is 2.31. The van der Waals surface area contributed by atoms with Crippen molar-refractivity contribution in [3.05, 3.63) is 71.2 Å². The second-order valence-electron chi connectivity index (χ2n) is 5.89. The standard InChI is InChI=1S/C21H17N3OS/c22-11-6-12-24-13-18(17-9-4-5-10-20(17)24)19-15-26-21(23-19)14-25-16-7-2-1-3-8-16/h1-5,7-10,13,15H,6,12,14H2. The molecule has 5 heteroatoms. The van der Waals surface area contributed by atoms with Gasteiger partial charge in [0.25, 0.3) is 0 Å². The predicted octanol–water partition coefficient (Wildman–Crippen LogP) is 5.26. The van der Waals surface area contributed by atoms with Crippen LogP contribution in [0.1, 0.15) is 11.4 Å². The number of nitriles is 1. The minimum Gasteiger partial charge on any atom is -0.486 e. The van der Waals surface area contributed by atoms with Gasteiger partial charge in [-0.15, -0.1) is 11.3 Å². The molecule has 0 unspecified atom stereocenters. The van der Waals surface area contributed by atoms with Crippen LogP contribution in [-0.2, 0) is 13.2 Å². The Bertz CT molecular complexity index is 1060. The van der Waals surface area contributed by atoms with Crippen LogP contribution < -0.4 is 4.74 Å². The number of nitrogens with zero attached hydrogens (tertiary/aromatic N) is 3. The molecule has 2 heterocycles. The first-order valence-electron chi connectivity index (χ1n) is 8.42. The number of benzene rings is 2. The van der Waals surface area contributed by atoms with E-state index in [9.17, 15) is 0 Å². The highest BCUT2D eigenvalue weighted by molar-refractivity contribution is 7.09. The number of fused-ring (bicyclic) bond motifs is 1. The van der Waals surface area contributed by atoms with Crippen LogP contribution in [0, 0.1) is 11.3 Å². The first kappa shape index (κ1) is 16.4. The Balaban J connectivity index is 1.60. The van der Waals surface area contributed by atoms with E-state index >= 15 is 0 Å². The highest BCUT2D eigenvalue weighted by Gasteiger charge is 2.13. The van der Waals surface area contributed by atoms with Crippen molar-refractivity contribution < 1.29 is 4.74 Å². The molecule has 0 atom stereocenters. The number of ether oxygens (including phenoxy) is 1. The van der Waals surface area contributed by atoms with Crippen LogP contribution in [0.25, 0.3) is 22.2 Å². The Morgan fingerprint density at radius 2 is 1.88 bits per heavy atom. The van der Waals surface area contributed by atoms with Crippen molar-refractivity contribution in [2.45, 2.75) is 19.6 Å². The lowest BCUT2D eigenvalue weighted by molar-refractivity contribution is 0.305. The average Bonchev–Trinajstić information content (AvgIpc) is 3.30. The van der Waals surface area contributed by atoms with Gasteiger partial charge in [-0.3, -0.25) is 0 Å². The van der Waals surface area contributed by atoms with Crippen LogP contribution in [0.15, 0.2) is 66.2 Å². The SMILES string of the molecule is N#CCCn1cc(-c2csc(COc3ccccc3)n2)c2ccccc21. The van der Waals surface area contributed by atoms with Crippen LogP contribution in [0.2, 0.25) is 0 Å². The first-order valence-corrected chi connectivity index (χ1v) is 9.30. The molecule has 0 saturated carbocycles. The third kappa shape index (κ3) is 3.32. The third-order valence-electron chi connectivity index (χ3n) is 4.19. The first-order chi connectivity index (χ1) is 12.8. The van der Waals surface area contributed by atoms with Crippen molar-refractivity contribution in [3.8, 4) is 23.1 Å². The molecule has 0 amide bonds. The van der Waals surface area contributed by atoms with Crippen molar-refractivity contribution >= 4 is 22.2 Å². The van der Waals surface area contributed by atoms with E-state index in [2.05, 4.69) is 34.3 Å². The number of hydrogen-bond donors (Lipinski definition) is 0. The third-order valence-corrected chi connectivity index (χ3v) is 5.01. The van der Waals surface area contributed by atoms with E-state index in [0.29, 0.717) is 19.6 Å². The molecule has 4 aromatic rings. The van der Waals surface area contributed by atoms with Crippen molar-refractivity contribution in [2.75, 3.05) is 0 Å². The van der Waals surface area contributed by atoms with Gasteiger partial charge in [-0.25, -0.2) is 4.98 Å². The zero-order valence-electron chi connectivity index (χ0n) is 14.1. The molecule has 0 saturated heterocycles. The molecular weight excluding hydrogens is 342 g/mol. The number of aromatic nitrogens is 2. The van der Waals surface area contributed by atoms with Gasteiger partial charge in [0, 0.05) is 34.6 Å². The number of rotatable bonds is 6. The topological polar surface area (TPSA) is 50.8 Å². The summed E-state index contributed by atoms with van der Waals surface area (Å²) in [5.41, 5.74) is 3.18. The minimum absolute atomic E-state index is 0.460. The molecular formula is C21H17N3OS. The number of hydrogen-bond acceptors (Lipinski definition) is 4. The Labute approximate surface area is 155 Å². The van der Waals surface area contributed by atoms with Crippen LogP contribution in [0.4, 0.5) is 0 Å². The number of para-hydroxylation sites is 2. The summed E-state index contributed by atoms with van der Waals surface area (Å²) in [6.07, 6.45) is 2.59. The number of aryl methyl sites for hydroxylation is 1. The quantitative estimate of drug-likeness (QED) is 0.472. The summed E-state index contributed by atoms with van der Waals surface area (Å²) < 4.78 is 7.93. The Morgan fingerprint density at radius 3 is 2.73 bits per heavy atom. The summed E-state index contributed by atoms with van der Waals surface area (Å²) >= 11 is 1.60. The van der Waals surface area contributed by atoms with Crippen molar-refractivity contribution in [3.63, 3.8) is 0 Å². The molecule has 0 aliphatic carbocycles. The van der Waals surface area contributed by atoms with Gasteiger partial charge in [-0.1, -0.05) is 36.4 Å². The summed E-state index contributed by atoms with van der Waals surface area (Å²) in [6, 6.07) is 20.2. The fourth-order valence-electron chi connectivity index (χ4n) is 2.97. The van der Waals surface area contributed by atoms with Crippen molar-refractivity contribution in [2.24, 2.45) is 0 Å². The fraction of sp³-hybridized carbons (Fsp3) is 0.143. The Hall–Kier alpha value is -3.10. The van der Waals surface area contributed by atoms with Crippen LogP contribution in [-0.4, -0.2) is 9.55 Å². The van der Waals surface area contributed by atoms with E-state index in [-0.39, 0.29) is 0 Å². The molecule has 0 aliphatic heterocycles. The Kier molecular flexibility index (Phi) is 4.67. The van der Waals surface area contributed by atoms with Crippen molar-refractivity contribution in [1.82, 2.24) is 9.55 Å². The molecule has 4 rings (SSSR count). The van der Waals surface area contributed by atoms with Crippen LogP contribution in [0.5, 0.6) is 5.75 Å². The second kappa shape index (κ2) is 7.42. The van der Waals surface area contributed by atoms with Crippen molar-refractivity contribution in [1.29, 1.82) is 5.26 Å². The minimum atomic E-state index is 0.460. The van der Waals surface area contributed by atoms with E-state index in [0.717, 1.165) is 32.9 Å². The summed E-state index contributed by atoms with van der Waals surface area (Å²) in [4.78, 5) is 4.75. The molecule has 2 aromatic carbocycles. The molecule has 0 aliphatic rings. The molecule has 0 N–H and O–H groups in total. The van der Waals surface area contributed by atoms with Gasteiger partial charge in [-0.05, 0) is 18.2 Å². The molecule has 0 bridgehead atoms. The Morgan fingerprint density at radius 1 is 1.08 bits per heavy atom. The molecule has 0 spiro atoms. The van der Waals surface area contributed by atoms with E-state index in [1.165, 1.54) is 0 Å². The largest absolute Gasteiger partial charge is 0.486 e. The highest BCUT2D eigenvalue weighted by atomic mass is 32.1. The van der Waals surface area contributed by atoms with Gasteiger partial charge >= 0.3 is 0 Å². The number of thiazole rings is 1. The van der Waals surface area contributed by atoms with E-state index in [4.69, 9.17) is 15.0 Å². The summed E-state index contributed by atoms with van der Waals surface area (Å²) in [5.74, 6) is 0.845. The van der Waals surface area contributed by atoms with Gasteiger partial charge in [0.1, 0.15) is 17.4 Å². The van der Waals surface area contributed by atoms with Gasteiger partial charge in [0.2, 0.25) is 0 Å². The maximum atomic E-state index is 8.89. The van der Waals surface area contributed by atoms with Crippen LogP contribution >= 0.6 is 11.3 Å². The maximum Gasteiger partial charge on any atom is 0.140 e. The van der Waals surface area contributed by atoms with E-state index < -0.39 is 0 Å². The molecule has 2 aromatic heterocycles. The zero-order chi connectivity index (χ0) is 17.8. The predicted molar refractivity (Wildman–Crippen MR) is 104 cm³/mol. The lowest BCUT2D eigenvalue weighted by atomic mass is 10.1. The molecule has 26 heavy (non-hydrogen) atoms. The molecule has 4 nitrogen and oxygen atoms in total. The normalized spacial score (nSPS) is 10.7. The molecule has 0 radical (unpaired) electrons. The fourth-order valence-corrected chi connectivity index (χ4v) is 3.67. The monoisotopic (exact) mass is 359 g/mol. The lowest BCUT2D eigenvalue weighted by Crippen LogP contribution is -1.94. The molecule has 128 valence electrons. The maximum absolute atomic E-state index is 8.89. The van der Waals surface area contributed by atoms with E-state index in [1.54, 1.807) is 11.3 Å². The second-order valence-corrected chi connectivity index (χ2v) is 6.83. The van der Waals surface area contributed by atoms with E-state index in [1.807, 2.05) is 42.5 Å². The van der Waals surface area contributed by atoms with Gasteiger partial charge in [-0.2, -0.15) is 5.26 Å². The van der Waals surface area contributed by atoms with Gasteiger partial charge in [0.05, 0.1) is 18.2 Å². The summed E-state index contributed by atoms with van der Waals surface area (Å²) in [5, 5.41) is 13.1. The molecule has 0 fully saturated rings.